The normalized spacial score (nSPS) is 21.9. The highest BCUT2D eigenvalue weighted by atomic mass is 16.5. The van der Waals surface area contributed by atoms with E-state index >= 15 is 0 Å². The summed E-state index contributed by atoms with van der Waals surface area (Å²) in [6.45, 7) is 5.24. The standard InChI is InChI=1S/C25H34N4O5/c1-3-8-26-24(32)29-15-25(13-28(14-25)23(31)16-6-9-34-10-7-16)21-18-5-4-17(33-2)11-19(18)27-22(21)20(29)12-30/h4-5,11,16,20,27,30H,3,6-10,12-15H2,1-2H3,(H,26,32)/t20-/m0/s1. The predicted molar refractivity (Wildman–Crippen MR) is 127 cm³/mol. The van der Waals surface area contributed by atoms with Gasteiger partial charge in [0.25, 0.3) is 0 Å². The molecule has 0 aliphatic carbocycles. The number of urea groups is 1. The SMILES string of the molecule is CCCNC(=O)N1CC2(CN(C(=O)C3CCOCC3)C2)c2c([nH]c3cc(OC)ccc23)[C@@H]1CO. The number of hydrogen-bond donors (Lipinski definition) is 3. The topological polar surface area (TPSA) is 107 Å². The molecule has 1 spiro atoms. The van der Waals surface area contributed by atoms with E-state index in [0.29, 0.717) is 39.4 Å². The number of fused-ring (bicyclic) bond motifs is 4. The Kier molecular flexibility index (Phi) is 6.16. The lowest BCUT2D eigenvalue weighted by atomic mass is 9.68. The van der Waals surface area contributed by atoms with E-state index in [-0.39, 0.29) is 29.9 Å². The van der Waals surface area contributed by atoms with E-state index in [4.69, 9.17) is 9.47 Å². The fraction of sp³-hybridized carbons (Fsp3) is 0.600. The summed E-state index contributed by atoms with van der Waals surface area (Å²) in [5.41, 5.74) is 2.49. The number of carbonyl (C=O) groups excluding carboxylic acids is 2. The van der Waals surface area contributed by atoms with Gasteiger partial charge in [-0.1, -0.05) is 6.92 Å². The minimum atomic E-state index is -0.476. The third-order valence-corrected chi connectivity index (χ3v) is 7.58. The maximum Gasteiger partial charge on any atom is 0.318 e. The Balaban J connectivity index is 1.52. The molecule has 9 nitrogen and oxygen atoms in total. The van der Waals surface area contributed by atoms with Crippen LogP contribution in [0.2, 0.25) is 0 Å². The molecular weight excluding hydrogens is 436 g/mol. The maximum atomic E-state index is 13.2. The molecule has 0 unspecified atom stereocenters. The first kappa shape index (κ1) is 23.0. The van der Waals surface area contributed by atoms with Gasteiger partial charge in [0.1, 0.15) is 5.75 Å². The van der Waals surface area contributed by atoms with Gasteiger partial charge in [-0.2, -0.15) is 0 Å². The van der Waals surface area contributed by atoms with Gasteiger partial charge in [-0.25, -0.2) is 4.79 Å². The molecule has 3 aliphatic heterocycles. The first-order chi connectivity index (χ1) is 16.5. The number of nitrogens with one attached hydrogen (secondary N) is 2. The molecule has 184 valence electrons. The van der Waals surface area contributed by atoms with Crippen molar-refractivity contribution in [3.63, 3.8) is 0 Å². The summed E-state index contributed by atoms with van der Waals surface area (Å²) in [5.74, 6) is 0.932. The number of likely N-dealkylation sites (tertiary alicyclic amines) is 1. The lowest BCUT2D eigenvalue weighted by Crippen LogP contribution is -2.69. The van der Waals surface area contributed by atoms with Crippen LogP contribution >= 0.6 is 0 Å². The quantitative estimate of drug-likeness (QED) is 0.621. The van der Waals surface area contributed by atoms with Crippen LogP contribution in [-0.4, -0.2) is 84.9 Å². The van der Waals surface area contributed by atoms with E-state index in [2.05, 4.69) is 10.3 Å². The molecule has 34 heavy (non-hydrogen) atoms. The van der Waals surface area contributed by atoms with Gasteiger partial charge in [0, 0.05) is 68.0 Å². The van der Waals surface area contributed by atoms with Crippen LogP contribution in [0.15, 0.2) is 18.2 Å². The Bertz CT molecular complexity index is 1070. The van der Waals surface area contributed by atoms with Gasteiger partial charge in [-0.05, 0) is 37.0 Å². The summed E-state index contributed by atoms with van der Waals surface area (Å²) in [4.78, 5) is 33.5. The van der Waals surface area contributed by atoms with Gasteiger partial charge < -0.3 is 34.7 Å². The number of methoxy groups -OCH3 is 1. The molecule has 2 fully saturated rings. The van der Waals surface area contributed by atoms with E-state index in [1.54, 1.807) is 12.0 Å². The van der Waals surface area contributed by atoms with Crippen LogP contribution in [0.3, 0.4) is 0 Å². The summed E-state index contributed by atoms with van der Waals surface area (Å²) in [5, 5.41) is 14.4. The van der Waals surface area contributed by atoms with Crippen molar-refractivity contribution in [3.05, 3.63) is 29.5 Å². The van der Waals surface area contributed by atoms with Crippen LogP contribution in [0.25, 0.3) is 10.9 Å². The second kappa shape index (κ2) is 9.11. The zero-order chi connectivity index (χ0) is 23.9. The highest BCUT2D eigenvalue weighted by molar-refractivity contribution is 5.90. The molecule has 1 atom stereocenters. The smallest absolute Gasteiger partial charge is 0.318 e. The Labute approximate surface area is 199 Å². The molecule has 3 amide bonds. The summed E-state index contributed by atoms with van der Waals surface area (Å²) < 4.78 is 10.8. The van der Waals surface area contributed by atoms with E-state index in [9.17, 15) is 14.7 Å². The van der Waals surface area contributed by atoms with Crippen molar-refractivity contribution in [2.75, 3.05) is 53.1 Å². The third-order valence-electron chi connectivity index (χ3n) is 7.58. The van der Waals surface area contributed by atoms with Crippen molar-refractivity contribution in [3.8, 4) is 5.75 Å². The van der Waals surface area contributed by atoms with Crippen molar-refractivity contribution in [2.24, 2.45) is 5.92 Å². The number of benzene rings is 1. The molecule has 9 heteroatoms. The number of rotatable bonds is 5. The molecule has 4 heterocycles. The van der Waals surface area contributed by atoms with Gasteiger partial charge in [-0.3, -0.25) is 4.79 Å². The van der Waals surface area contributed by atoms with Gasteiger partial charge in [-0.15, -0.1) is 0 Å². The van der Waals surface area contributed by atoms with Gasteiger partial charge in [0.2, 0.25) is 5.91 Å². The van der Waals surface area contributed by atoms with Crippen LogP contribution in [0.1, 0.15) is 43.5 Å². The summed E-state index contributed by atoms with van der Waals surface area (Å²) >= 11 is 0. The van der Waals surface area contributed by atoms with Crippen LogP contribution < -0.4 is 10.1 Å². The van der Waals surface area contributed by atoms with E-state index < -0.39 is 6.04 Å². The molecule has 0 saturated carbocycles. The van der Waals surface area contributed by atoms with Crippen LogP contribution in [0.4, 0.5) is 4.79 Å². The number of aromatic nitrogens is 1. The van der Waals surface area contributed by atoms with E-state index in [1.165, 1.54) is 0 Å². The first-order valence-corrected chi connectivity index (χ1v) is 12.2. The van der Waals surface area contributed by atoms with Gasteiger partial charge >= 0.3 is 6.03 Å². The Morgan fingerprint density at radius 2 is 2.03 bits per heavy atom. The Hall–Kier alpha value is -2.78. The molecule has 3 N–H and O–H groups in total. The predicted octanol–water partition coefficient (Wildman–Crippen LogP) is 2.15. The second-order valence-electron chi connectivity index (χ2n) is 9.74. The zero-order valence-corrected chi connectivity index (χ0v) is 19.9. The monoisotopic (exact) mass is 470 g/mol. The molecule has 1 aromatic carbocycles. The van der Waals surface area contributed by atoms with E-state index in [1.807, 2.05) is 30.0 Å². The summed E-state index contributed by atoms with van der Waals surface area (Å²) in [6, 6.07) is 5.26. The Morgan fingerprint density at radius 3 is 2.71 bits per heavy atom. The highest BCUT2D eigenvalue weighted by Crippen LogP contribution is 2.49. The third kappa shape index (κ3) is 3.71. The maximum absolute atomic E-state index is 13.2. The fourth-order valence-electron chi connectivity index (χ4n) is 5.85. The number of aliphatic hydroxyl groups excluding tert-OH is 1. The number of H-pyrrole nitrogens is 1. The molecule has 3 aliphatic rings. The van der Waals surface area contributed by atoms with Gasteiger partial charge in [0.05, 0.1) is 25.2 Å². The summed E-state index contributed by atoms with van der Waals surface area (Å²) in [7, 11) is 1.63. The molecule has 2 aromatic rings. The lowest BCUT2D eigenvalue weighted by Gasteiger charge is -2.56. The lowest BCUT2D eigenvalue weighted by molar-refractivity contribution is -0.147. The first-order valence-electron chi connectivity index (χ1n) is 12.2. The highest BCUT2D eigenvalue weighted by Gasteiger charge is 2.55. The van der Waals surface area contributed by atoms with Crippen molar-refractivity contribution in [2.45, 2.75) is 37.6 Å². The van der Waals surface area contributed by atoms with Crippen molar-refractivity contribution in [1.82, 2.24) is 20.1 Å². The van der Waals surface area contributed by atoms with Crippen LogP contribution in [0.5, 0.6) is 5.75 Å². The number of aliphatic hydroxyl groups is 1. The van der Waals surface area contributed by atoms with Crippen molar-refractivity contribution >= 4 is 22.8 Å². The number of ether oxygens (including phenoxy) is 2. The minimum absolute atomic E-state index is 0.00976. The largest absolute Gasteiger partial charge is 0.497 e. The molecule has 0 radical (unpaired) electrons. The number of aromatic amines is 1. The molecule has 2 saturated heterocycles. The second-order valence-corrected chi connectivity index (χ2v) is 9.74. The zero-order valence-electron chi connectivity index (χ0n) is 19.9. The van der Waals surface area contributed by atoms with Gasteiger partial charge in [0.15, 0.2) is 0 Å². The number of hydrogen-bond acceptors (Lipinski definition) is 5. The fourth-order valence-corrected chi connectivity index (χ4v) is 5.85. The number of amides is 3. The molecule has 0 bridgehead atoms. The molecular formula is C25H34N4O5. The molecule has 5 rings (SSSR count). The summed E-state index contributed by atoms with van der Waals surface area (Å²) in [6.07, 6.45) is 2.36. The van der Waals surface area contributed by atoms with Crippen LogP contribution in [-0.2, 0) is 14.9 Å². The minimum Gasteiger partial charge on any atom is -0.497 e. The number of carbonyl (C=O) groups is 2. The van der Waals surface area contributed by atoms with E-state index in [0.717, 1.165) is 47.2 Å². The molecule has 1 aromatic heterocycles. The van der Waals surface area contributed by atoms with Crippen LogP contribution in [0, 0.1) is 5.92 Å². The van der Waals surface area contributed by atoms with Crippen molar-refractivity contribution in [1.29, 1.82) is 0 Å². The number of nitrogens with zero attached hydrogens (tertiary/aromatic N) is 2. The average Bonchev–Trinajstić information content (AvgIpc) is 3.24. The average molecular weight is 471 g/mol. The Morgan fingerprint density at radius 1 is 1.26 bits per heavy atom. The van der Waals surface area contributed by atoms with Crippen molar-refractivity contribution < 1.29 is 24.2 Å².